The molecule has 1 heterocycles. The van der Waals surface area contributed by atoms with Crippen molar-refractivity contribution in [1.29, 1.82) is 0 Å². The van der Waals surface area contributed by atoms with Gasteiger partial charge in [0.05, 0.1) is 5.54 Å². The Labute approximate surface area is 138 Å². The van der Waals surface area contributed by atoms with E-state index in [1.165, 1.54) is 16.7 Å². The Kier molecular flexibility index (Phi) is 4.55. The number of hydrogen-bond acceptors (Lipinski definition) is 4. The number of anilines is 2. The van der Waals surface area contributed by atoms with E-state index in [0.717, 1.165) is 37.3 Å². The lowest BCUT2D eigenvalue weighted by Crippen LogP contribution is -2.49. The molecule has 0 fully saturated rings. The van der Waals surface area contributed by atoms with Crippen LogP contribution in [0.2, 0.25) is 0 Å². The molecule has 1 aliphatic heterocycles. The number of nitrogen functional groups attached to an aromatic ring is 1. The summed E-state index contributed by atoms with van der Waals surface area (Å²) < 4.78 is 0. The molecule has 0 radical (unpaired) electrons. The summed E-state index contributed by atoms with van der Waals surface area (Å²) in [6.07, 6.45) is 1.94. The smallest absolute Gasteiger partial charge is 0.0583 e. The molecular weight excluding hydrogens is 284 g/mol. The third-order valence-corrected chi connectivity index (χ3v) is 4.64. The molecule has 1 unspecified atom stereocenters. The van der Waals surface area contributed by atoms with E-state index in [9.17, 15) is 0 Å². The van der Waals surface area contributed by atoms with Gasteiger partial charge in [0.2, 0.25) is 0 Å². The second-order valence-electron chi connectivity index (χ2n) is 6.52. The monoisotopic (exact) mass is 310 g/mol. The summed E-state index contributed by atoms with van der Waals surface area (Å²) >= 11 is 0. The fraction of sp³-hybridized carbons (Fsp3) is 0.368. The van der Waals surface area contributed by atoms with Crippen molar-refractivity contribution in [2.45, 2.75) is 25.3 Å². The van der Waals surface area contributed by atoms with Crippen molar-refractivity contribution in [1.82, 2.24) is 5.32 Å². The van der Waals surface area contributed by atoms with Crippen molar-refractivity contribution in [3.8, 4) is 0 Å². The highest BCUT2D eigenvalue weighted by Crippen LogP contribution is 2.30. The van der Waals surface area contributed by atoms with Crippen molar-refractivity contribution in [3.05, 3.63) is 59.2 Å². The van der Waals surface area contributed by atoms with Crippen LogP contribution in [0.1, 0.15) is 23.6 Å². The van der Waals surface area contributed by atoms with Crippen molar-refractivity contribution in [2.24, 2.45) is 5.73 Å². The summed E-state index contributed by atoms with van der Waals surface area (Å²) in [5.41, 5.74) is 17.4. The predicted octanol–water partition coefficient (Wildman–Crippen LogP) is 2.24. The van der Waals surface area contributed by atoms with Gasteiger partial charge in [0.15, 0.2) is 0 Å². The van der Waals surface area contributed by atoms with E-state index in [4.69, 9.17) is 11.5 Å². The van der Waals surface area contributed by atoms with Gasteiger partial charge in [0, 0.05) is 24.5 Å². The molecular formula is C19H26N4. The number of benzene rings is 2. The van der Waals surface area contributed by atoms with Gasteiger partial charge in [-0.15, -0.1) is 0 Å². The standard InChI is InChI=1S/C19H26N4/c1-19(13-22-17-4-2-3-14(11-17)7-9-20)18-6-5-16(21)12-15(18)8-10-23-19/h2-6,11-12,22-23H,7-10,13,20-21H2,1H3. The summed E-state index contributed by atoms with van der Waals surface area (Å²) in [7, 11) is 0. The van der Waals surface area contributed by atoms with Gasteiger partial charge in [0.25, 0.3) is 0 Å². The highest BCUT2D eigenvalue weighted by molar-refractivity contribution is 5.50. The van der Waals surface area contributed by atoms with Gasteiger partial charge < -0.3 is 22.1 Å². The molecule has 1 aliphatic rings. The molecule has 2 aromatic carbocycles. The third kappa shape index (κ3) is 3.49. The van der Waals surface area contributed by atoms with Crippen LogP contribution in [0.25, 0.3) is 0 Å². The number of rotatable bonds is 5. The maximum Gasteiger partial charge on any atom is 0.0583 e. The molecule has 0 bridgehead atoms. The second kappa shape index (κ2) is 6.60. The Morgan fingerprint density at radius 1 is 1.22 bits per heavy atom. The van der Waals surface area contributed by atoms with E-state index in [2.05, 4.69) is 54.0 Å². The predicted molar refractivity (Wildman–Crippen MR) is 97.6 cm³/mol. The second-order valence-corrected chi connectivity index (χ2v) is 6.52. The number of nitrogens with two attached hydrogens (primary N) is 2. The van der Waals surface area contributed by atoms with Gasteiger partial charge >= 0.3 is 0 Å². The maximum absolute atomic E-state index is 5.93. The molecule has 0 aliphatic carbocycles. The first kappa shape index (κ1) is 15.8. The van der Waals surface area contributed by atoms with Crippen molar-refractivity contribution >= 4 is 11.4 Å². The third-order valence-electron chi connectivity index (χ3n) is 4.64. The molecule has 1 atom stereocenters. The molecule has 0 saturated carbocycles. The Bertz CT molecular complexity index is 683. The molecule has 3 rings (SSSR count). The zero-order chi connectivity index (χ0) is 16.3. The SMILES string of the molecule is CC1(CNc2cccc(CCN)c2)NCCc2cc(N)ccc21. The fourth-order valence-corrected chi connectivity index (χ4v) is 3.37. The topological polar surface area (TPSA) is 76.1 Å². The summed E-state index contributed by atoms with van der Waals surface area (Å²) in [5, 5.41) is 7.23. The van der Waals surface area contributed by atoms with E-state index in [1.807, 2.05) is 6.07 Å². The van der Waals surface area contributed by atoms with Crippen LogP contribution in [-0.2, 0) is 18.4 Å². The Morgan fingerprint density at radius 2 is 2.09 bits per heavy atom. The van der Waals surface area contributed by atoms with Crippen LogP contribution < -0.4 is 22.1 Å². The van der Waals surface area contributed by atoms with Crippen LogP contribution >= 0.6 is 0 Å². The number of hydrogen-bond donors (Lipinski definition) is 4. The fourth-order valence-electron chi connectivity index (χ4n) is 3.37. The van der Waals surface area contributed by atoms with Crippen LogP contribution in [0, 0.1) is 0 Å². The van der Waals surface area contributed by atoms with E-state index in [0.29, 0.717) is 6.54 Å². The lowest BCUT2D eigenvalue weighted by Gasteiger charge is -2.38. The largest absolute Gasteiger partial charge is 0.399 e. The van der Waals surface area contributed by atoms with E-state index < -0.39 is 0 Å². The van der Waals surface area contributed by atoms with E-state index in [1.54, 1.807) is 0 Å². The van der Waals surface area contributed by atoms with Gasteiger partial charge in [-0.2, -0.15) is 0 Å². The van der Waals surface area contributed by atoms with Gasteiger partial charge in [0.1, 0.15) is 0 Å². The Balaban J connectivity index is 1.77. The minimum atomic E-state index is -0.0921. The molecule has 0 aromatic heterocycles. The number of fused-ring (bicyclic) bond motifs is 1. The lowest BCUT2D eigenvalue weighted by molar-refractivity contribution is 0.366. The summed E-state index contributed by atoms with van der Waals surface area (Å²) in [5.74, 6) is 0. The minimum Gasteiger partial charge on any atom is -0.399 e. The molecule has 4 heteroatoms. The van der Waals surface area contributed by atoms with Crippen LogP contribution in [-0.4, -0.2) is 19.6 Å². The van der Waals surface area contributed by atoms with Crippen LogP contribution in [0.3, 0.4) is 0 Å². The lowest BCUT2D eigenvalue weighted by atomic mass is 9.83. The maximum atomic E-state index is 5.93. The average molecular weight is 310 g/mol. The van der Waals surface area contributed by atoms with E-state index in [-0.39, 0.29) is 5.54 Å². The molecule has 23 heavy (non-hydrogen) atoms. The van der Waals surface area contributed by atoms with Gasteiger partial charge in [-0.05, 0) is 67.3 Å². The van der Waals surface area contributed by atoms with Crippen LogP contribution in [0.4, 0.5) is 11.4 Å². The first-order valence-corrected chi connectivity index (χ1v) is 8.27. The molecule has 122 valence electrons. The first-order valence-electron chi connectivity index (χ1n) is 8.27. The summed E-state index contributed by atoms with van der Waals surface area (Å²) in [6.45, 7) is 4.73. The zero-order valence-electron chi connectivity index (χ0n) is 13.7. The minimum absolute atomic E-state index is 0.0921. The first-order chi connectivity index (χ1) is 11.1. The van der Waals surface area contributed by atoms with Crippen LogP contribution in [0.5, 0.6) is 0 Å². The quantitative estimate of drug-likeness (QED) is 0.639. The molecule has 4 nitrogen and oxygen atoms in total. The van der Waals surface area contributed by atoms with Gasteiger partial charge in [-0.3, -0.25) is 0 Å². The normalized spacial score (nSPS) is 20.1. The van der Waals surface area contributed by atoms with Crippen molar-refractivity contribution in [2.75, 3.05) is 30.7 Å². The molecule has 0 spiro atoms. The van der Waals surface area contributed by atoms with Crippen LogP contribution in [0.15, 0.2) is 42.5 Å². The van der Waals surface area contributed by atoms with Gasteiger partial charge in [-0.25, -0.2) is 0 Å². The number of nitrogens with one attached hydrogen (secondary N) is 2. The van der Waals surface area contributed by atoms with Gasteiger partial charge in [-0.1, -0.05) is 18.2 Å². The van der Waals surface area contributed by atoms with Crippen molar-refractivity contribution < 1.29 is 0 Å². The Hall–Kier alpha value is -2.04. The highest BCUT2D eigenvalue weighted by Gasteiger charge is 2.31. The molecule has 0 saturated heterocycles. The Morgan fingerprint density at radius 3 is 2.91 bits per heavy atom. The molecule has 2 aromatic rings. The summed E-state index contributed by atoms with van der Waals surface area (Å²) in [6, 6.07) is 14.7. The highest BCUT2D eigenvalue weighted by atomic mass is 15.0. The zero-order valence-corrected chi connectivity index (χ0v) is 13.7. The summed E-state index contributed by atoms with van der Waals surface area (Å²) in [4.78, 5) is 0. The molecule has 6 N–H and O–H groups in total. The average Bonchev–Trinajstić information content (AvgIpc) is 2.54. The van der Waals surface area contributed by atoms with Crippen molar-refractivity contribution in [3.63, 3.8) is 0 Å². The molecule has 0 amide bonds. The van der Waals surface area contributed by atoms with E-state index >= 15 is 0 Å².